The van der Waals surface area contributed by atoms with Gasteiger partial charge < -0.3 is 16.0 Å². The highest BCUT2D eigenvalue weighted by atomic mass is 19.4. The Kier molecular flexibility index (Phi) is 7.73. The fourth-order valence-corrected chi connectivity index (χ4v) is 3.55. The van der Waals surface area contributed by atoms with Crippen LogP contribution in [-0.2, 0) is 4.79 Å². The lowest BCUT2D eigenvalue weighted by atomic mass is 9.96. The summed E-state index contributed by atoms with van der Waals surface area (Å²) in [5, 5.41) is 7.84. The number of hydrogen-bond donors (Lipinski definition) is 3. The van der Waals surface area contributed by atoms with Gasteiger partial charge >= 0.3 is 6.18 Å². The predicted molar refractivity (Wildman–Crippen MR) is 126 cm³/mol. The average Bonchev–Trinajstić information content (AvgIpc) is 2.79. The van der Waals surface area contributed by atoms with Crippen molar-refractivity contribution in [2.24, 2.45) is 0 Å². The highest BCUT2D eigenvalue weighted by molar-refractivity contribution is 6.01. The first-order chi connectivity index (χ1) is 16.5. The van der Waals surface area contributed by atoms with E-state index in [0.717, 1.165) is 5.56 Å². The number of hydrogen-bond acceptors (Lipinski definition) is 4. The second-order valence-electron chi connectivity index (χ2n) is 7.92. The molecule has 0 saturated heterocycles. The molecule has 184 valence electrons. The summed E-state index contributed by atoms with van der Waals surface area (Å²) < 4.78 is 52.0. The first kappa shape index (κ1) is 25.7. The van der Waals surface area contributed by atoms with Crippen LogP contribution in [0.4, 0.5) is 29.1 Å². The van der Waals surface area contributed by atoms with Gasteiger partial charge in [-0.3, -0.25) is 9.59 Å². The molecule has 0 aliphatic heterocycles. The van der Waals surface area contributed by atoms with Crippen molar-refractivity contribution in [2.75, 3.05) is 17.7 Å². The predicted octanol–water partition coefficient (Wildman–Crippen LogP) is 5.62. The van der Waals surface area contributed by atoms with Crippen LogP contribution in [0.2, 0.25) is 0 Å². The van der Waals surface area contributed by atoms with Crippen molar-refractivity contribution in [3.63, 3.8) is 0 Å². The molecule has 3 rings (SSSR count). The van der Waals surface area contributed by atoms with E-state index in [1.165, 1.54) is 25.4 Å². The number of anilines is 2. The zero-order chi connectivity index (χ0) is 25.8. The van der Waals surface area contributed by atoms with Crippen molar-refractivity contribution >= 4 is 23.3 Å². The zero-order valence-corrected chi connectivity index (χ0v) is 19.3. The number of nitrogens with one attached hydrogen (secondary N) is 3. The average molecular weight is 488 g/mol. The smallest absolute Gasteiger partial charge is 0.362 e. The van der Waals surface area contributed by atoms with Crippen molar-refractivity contribution < 1.29 is 27.2 Å². The topological polar surface area (TPSA) is 83.1 Å². The number of rotatable bonds is 7. The number of aryl methyl sites for hydroxylation is 1. The molecule has 0 aliphatic rings. The molecule has 1 heterocycles. The number of amides is 2. The Morgan fingerprint density at radius 2 is 1.74 bits per heavy atom. The van der Waals surface area contributed by atoms with Gasteiger partial charge in [0.15, 0.2) is 5.82 Å². The molecule has 0 bridgehead atoms. The third-order valence-corrected chi connectivity index (χ3v) is 5.33. The summed E-state index contributed by atoms with van der Waals surface area (Å²) in [6, 6.07) is 12.7. The van der Waals surface area contributed by atoms with Gasteiger partial charge in [0.25, 0.3) is 5.91 Å². The summed E-state index contributed by atoms with van der Waals surface area (Å²) in [7, 11) is 1.42. The molecule has 0 radical (unpaired) electrons. The molecule has 1 atom stereocenters. The molecule has 1 aromatic heterocycles. The Bertz CT molecular complexity index is 1230. The van der Waals surface area contributed by atoms with Crippen molar-refractivity contribution in [3.05, 3.63) is 77.2 Å². The number of carbonyl (C=O) groups excluding carboxylic acids is 2. The third kappa shape index (κ3) is 6.34. The summed E-state index contributed by atoms with van der Waals surface area (Å²) in [4.78, 5) is 28.2. The molecule has 1 unspecified atom stereocenters. The van der Waals surface area contributed by atoms with Crippen molar-refractivity contribution in [1.82, 2.24) is 10.3 Å². The van der Waals surface area contributed by atoms with Crippen molar-refractivity contribution in [2.45, 2.75) is 32.5 Å². The highest BCUT2D eigenvalue weighted by Gasteiger charge is 2.31. The summed E-state index contributed by atoms with van der Waals surface area (Å²) in [6.07, 6.45) is -4.74. The molecule has 2 aromatic carbocycles. The van der Waals surface area contributed by atoms with E-state index in [2.05, 4.69) is 20.9 Å². The lowest BCUT2D eigenvalue weighted by Gasteiger charge is -2.20. The summed E-state index contributed by atoms with van der Waals surface area (Å²) in [6.45, 7) is 3.47. The zero-order valence-electron chi connectivity index (χ0n) is 19.3. The fourth-order valence-electron chi connectivity index (χ4n) is 3.55. The van der Waals surface area contributed by atoms with Crippen LogP contribution in [0, 0.1) is 12.7 Å². The van der Waals surface area contributed by atoms with Gasteiger partial charge in [0, 0.05) is 13.2 Å². The number of nitrogens with zero attached hydrogens (tertiary/aromatic N) is 1. The monoisotopic (exact) mass is 488 g/mol. The first-order valence-corrected chi connectivity index (χ1v) is 10.7. The Labute approximate surface area is 199 Å². The van der Waals surface area contributed by atoms with Crippen LogP contribution >= 0.6 is 0 Å². The largest absolute Gasteiger partial charge is 0.397 e. The Balaban J connectivity index is 1.83. The normalized spacial score (nSPS) is 12.1. The van der Waals surface area contributed by atoms with Gasteiger partial charge in [0.05, 0.1) is 17.3 Å². The van der Waals surface area contributed by atoms with Gasteiger partial charge in [-0.15, -0.1) is 0 Å². The molecule has 0 fully saturated rings. The molecule has 3 aromatic rings. The molecule has 2 amide bonds. The number of carbonyl (C=O) groups is 2. The van der Waals surface area contributed by atoms with Crippen LogP contribution in [0.15, 0.2) is 54.7 Å². The fraction of sp³-hybridized carbons (Fsp3) is 0.240. The maximum atomic E-state index is 14.3. The van der Waals surface area contributed by atoms with Crippen LogP contribution in [0.5, 0.6) is 0 Å². The van der Waals surface area contributed by atoms with E-state index >= 15 is 0 Å². The molecular weight excluding hydrogens is 464 g/mol. The van der Waals surface area contributed by atoms with Crippen LogP contribution in [0.25, 0.3) is 11.1 Å². The lowest BCUT2D eigenvalue weighted by molar-refractivity contribution is -0.150. The summed E-state index contributed by atoms with van der Waals surface area (Å²) >= 11 is 0. The highest BCUT2D eigenvalue weighted by Crippen LogP contribution is 2.31. The Hall–Kier alpha value is -3.95. The van der Waals surface area contributed by atoms with E-state index in [-0.39, 0.29) is 23.1 Å². The first-order valence-electron chi connectivity index (χ1n) is 10.7. The summed E-state index contributed by atoms with van der Waals surface area (Å²) in [5.41, 5.74) is 2.52. The standard InChI is InChI=1S/C25H24F4N4O2/c1-14-11-12-31-23(22(14)33-20(34)13-25(27,28)29)32-15(2)16-7-9-17(10-8-16)18-5-4-6-19(26)21(18)24(35)30-3/h4-12,15H,13H2,1-3H3,(H,30,35)(H,31,32)(H,33,34). The Morgan fingerprint density at radius 1 is 1.06 bits per heavy atom. The van der Waals surface area contributed by atoms with Crippen LogP contribution in [0.1, 0.15) is 40.9 Å². The maximum absolute atomic E-state index is 14.3. The number of pyridine rings is 1. The second-order valence-corrected chi connectivity index (χ2v) is 7.92. The minimum absolute atomic E-state index is 0.0582. The van der Waals surface area contributed by atoms with E-state index in [4.69, 9.17) is 0 Å². The van der Waals surface area contributed by atoms with Gasteiger partial charge in [-0.1, -0.05) is 36.4 Å². The Morgan fingerprint density at radius 3 is 2.37 bits per heavy atom. The quantitative estimate of drug-likeness (QED) is 0.377. The molecular formula is C25H24F4N4O2. The van der Waals surface area contributed by atoms with Crippen LogP contribution < -0.4 is 16.0 Å². The maximum Gasteiger partial charge on any atom is 0.397 e. The molecule has 0 saturated carbocycles. The van der Waals surface area contributed by atoms with Gasteiger partial charge in [0.2, 0.25) is 5.91 Å². The van der Waals surface area contributed by atoms with Gasteiger partial charge in [0.1, 0.15) is 12.2 Å². The van der Waals surface area contributed by atoms with Crippen LogP contribution in [0.3, 0.4) is 0 Å². The van der Waals surface area contributed by atoms with E-state index in [1.807, 2.05) is 6.92 Å². The molecule has 0 spiro atoms. The number of alkyl halides is 3. The van der Waals surface area contributed by atoms with Gasteiger partial charge in [-0.25, -0.2) is 9.37 Å². The third-order valence-electron chi connectivity index (χ3n) is 5.33. The number of benzene rings is 2. The number of aromatic nitrogens is 1. The molecule has 6 nitrogen and oxygen atoms in total. The van der Waals surface area contributed by atoms with E-state index in [0.29, 0.717) is 16.7 Å². The molecule has 10 heteroatoms. The molecule has 0 aliphatic carbocycles. The SMILES string of the molecule is CNC(=O)c1c(F)cccc1-c1ccc(C(C)Nc2nccc(C)c2NC(=O)CC(F)(F)F)cc1. The van der Waals surface area contributed by atoms with Crippen molar-refractivity contribution in [1.29, 1.82) is 0 Å². The minimum atomic E-state index is -4.62. The molecule has 35 heavy (non-hydrogen) atoms. The van der Waals surface area contributed by atoms with E-state index in [1.54, 1.807) is 43.3 Å². The lowest BCUT2D eigenvalue weighted by Crippen LogP contribution is -2.22. The van der Waals surface area contributed by atoms with Gasteiger partial charge in [-0.2, -0.15) is 13.2 Å². The van der Waals surface area contributed by atoms with E-state index < -0.39 is 30.2 Å². The van der Waals surface area contributed by atoms with Gasteiger partial charge in [-0.05, 0) is 48.2 Å². The number of halogens is 4. The second kappa shape index (κ2) is 10.5. The summed E-state index contributed by atoms with van der Waals surface area (Å²) in [5.74, 6) is -2.13. The minimum Gasteiger partial charge on any atom is -0.362 e. The van der Waals surface area contributed by atoms with E-state index in [9.17, 15) is 27.2 Å². The van der Waals surface area contributed by atoms with Crippen molar-refractivity contribution in [3.8, 4) is 11.1 Å². The van der Waals surface area contributed by atoms with Crippen LogP contribution in [-0.4, -0.2) is 30.0 Å². The molecule has 3 N–H and O–H groups in total.